The number of benzene rings is 1. The quantitative estimate of drug-likeness (QED) is 0.907. The smallest absolute Gasteiger partial charge is 0.261 e. The van der Waals surface area contributed by atoms with Crippen LogP contribution in [0.25, 0.3) is 10.1 Å². The molecule has 1 aliphatic heterocycles. The molecule has 2 heterocycles. The van der Waals surface area contributed by atoms with E-state index in [1.807, 2.05) is 25.1 Å². The standard InChI is InChI=1S/C15H18N2O2S/c1-9-12-5-11(19-2)3-4-13(12)20-14(9)15(18)17-8-10-6-16-7-10/h3-5,10,16H,6-8H2,1-2H3,(H,17,18). The summed E-state index contributed by atoms with van der Waals surface area (Å²) in [5.74, 6) is 1.44. The van der Waals surface area contributed by atoms with Gasteiger partial charge in [0, 0.05) is 30.3 Å². The summed E-state index contributed by atoms with van der Waals surface area (Å²) in [5, 5.41) is 7.34. The topological polar surface area (TPSA) is 50.4 Å². The molecule has 20 heavy (non-hydrogen) atoms. The molecule has 5 heteroatoms. The van der Waals surface area contributed by atoms with Crippen LogP contribution in [0.4, 0.5) is 0 Å². The molecule has 0 aliphatic carbocycles. The average Bonchev–Trinajstić information content (AvgIpc) is 2.74. The third-order valence-corrected chi connectivity index (χ3v) is 5.04. The molecule has 106 valence electrons. The number of hydrogen-bond donors (Lipinski definition) is 2. The van der Waals surface area contributed by atoms with Crippen LogP contribution < -0.4 is 15.4 Å². The molecular formula is C15H18N2O2S. The number of hydrogen-bond acceptors (Lipinski definition) is 4. The Bertz CT molecular complexity index is 647. The summed E-state index contributed by atoms with van der Waals surface area (Å²) in [4.78, 5) is 13.1. The first-order valence-corrected chi connectivity index (χ1v) is 7.56. The summed E-state index contributed by atoms with van der Waals surface area (Å²) >= 11 is 1.55. The molecule has 3 rings (SSSR count). The minimum Gasteiger partial charge on any atom is -0.497 e. The summed E-state index contributed by atoms with van der Waals surface area (Å²) < 4.78 is 6.37. The molecular weight excluding hydrogens is 272 g/mol. The van der Waals surface area contributed by atoms with Crippen LogP contribution in [0.5, 0.6) is 5.75 Å². The van der Waals surface area contributed by atoms with Crippen LogP contribution in [-0.4, -0.2) is 32.7 Å². The van der Waals surface area contributed by atoms with E-state index < -0.39 is 0 Å². The first kappa shape index (κ1) is 13.4. The van der Waals surface area contributed by atoms with E-state index in [2.05, 4.69) is 10.6 Å². The summed E-state index contributed by atoms with van der Waals surface area (Å²) in [7, 11) is 1.66. The Kier molecular flexibility index (Phi) is 3.63. The zero-order chi connectivity index (χ0) is 14.1. The van der Waals surface area contributed by atoms with Crippen molar-refractivity contribution in [1.29, 1.82) is 0 Å². The summed E-state index contributed by atoms with van der Waals surface area (Å²) in [6.07, 6.45) is 0. The van der Waals surface area contributed by atoms with Crippen LogP contribution in [0.15, 0.2) is 18.2 Å². The van der Waals surface area contributed by atoms with Crippen LogP contribution in [0, 0.1) is 12.8 Å². The Labute approximate surface area is 122 Å². The van der Waals surface area contributed by atoms with Crippen molar-refractivity contribution in [2.75, 3.05) is 26.7 Å². The number of nitrogens with one attached hydrogen (secondary N) is 2. The number of ether oxygens (including phenoxy) is 1. The van der Waals surface area contributed by atoms with Crippen molar-refractivity contribution in [2.24, 2.45) is 5.92 Å². The number of carbonyl (C=O) groups excluding carboxylic acids is 1. The molecule has 1 aliphatic rings. The van der Waals surface area contributed by atoms with E-state index >= 15 is 0 Å². The summed E-state index contributed by atoms with van der Waals surface area (Å²) in [5.41, 5.74) is 1.04. The van der Waals surface area contributed by atoms with E-state index in [-0.39, 0.29) is 5.91 Å². The normalized spacial score (nSPS) is 15.1. The molecule has 1 fully saturated rings. The van der Waals surface area contributed by atoms with Crippen molar-refractivity contribution in [3.05, 3.63) is 28.6 Å². The highest BCUT2D eigenvalue weighted by Crippen LogP contribution is 2.33. The second kappa shape index (κ2) is 5.42. The molecule has 0 unspecified atom stereocenters. The average molecular weight is 290 g/mol. The lowest BCUT2D eigenvalue weighted by Crippen LogP contribution is -2.48. The fourth-order valence-corrected chi connectivity index (χ4v) is 3.46. The second-order valence-corrected chi connectivity index (χ2v) is 6.20. The third-order valence-electron chi connectivity index (χ3n) is 3.77. The van der Waals surface area contributed by atoms with Gasteiger partial charge < -0.3 is 15.4 Å². The fraction of sp³-hybridized carbons (Fsp3) is 0.400. The zero-order valence-electron chi connectivity index (χ0n) is 11.7. The molecule has 0 saturated carbocycles. The number of thiophene rings is 1. The van der Waals surface area contributed by atoms with Crippen molar-refractivity contribution >= 4 is 27.3 Å². The lowest BCUT2D eigenvalue weighted by molar-refractivity contribution is 0.0946. The maximum atomic E-state index is 12.3. The maximum Gasteiger partial charge on any atom is 0.261 e. The first-order chi connectivity index (χ1) is 9.69. The van der Waals surface area contributed by atoms with Gasteiger partial charge in [0.25, 0.3) is 5.91 Å². The molecule has 0 bridgehead atoms. The van der Waals surface area contributed by atoms with Gasteiger partial charge in [-0.25, -0.2) is 0 Å². The largest absolute Gasteiger partial charge is 0.497 e. The van der Waals surface area contributed by atoms with Crippen LogP contribution in [0.2, 0.25) is 0 Å². The monoisotopic (exact) mass is 290 g/mol. The van der Waals surface area contributed by atoms with Crippen LogP contribution >= 0.6 is 11.3 Å². The van der Waals surface area contributed by atoms with Gasteiger partial charge in [0.2, 0.25) is 0 Å². The van der Waals surface area contributed by atoms with E-state index in [9.17, 15) is 4.79 Å². The highest BCUT2D eigenvalue weighted by Gasteiger charge is 2.20. The van der Waals surface area contributed by atoms with Gasteiger partial charge in [0.05, 0.1) is 12.0 Å². The Morgan fingerprint density at radius 1 is 1.50 bits per heavy atom. The first-order valence-electron chi connectivity index (χ1n) is 6.75. The molecule has 4 nitrogen and oxygen atoms in total. The molecule has 2 N–H and O–H groups in total. The number of aryl methyl sites for hydroxylation is 1. The van der Waals surface area contributed by atoms with Crippen molar-refractivity contribution in [3.8, 4) is 5.75 Å². The highest BCUT2D eigenvalue weighted by molar-refractivity contribution is 7.21. The van der Waals surface area contributed by atoms with Gasteiger partial charge in [-0.05, 0) is 36.1 Å². The highest BCUT2D eigenvalue weighted by atomic mass is 32.1. The fourth-order valence-electron chi connectivity index (χ4n) is 2.35. The van der Waals surface area contributed by atoms with Gasteiger partial charge >= 0.3 is 0 Å². The number of amides is 1. The van der Waals surface area contributed by atoms with Crippen molar-refractivity contribution in [2.45, 2.75) is 6.92 Å². The SMILES string of the molecule is COc1ccc2sc(C(=O)NCC3CNC3)c(C)c2c1. The van der Waals surface area contributed by atoms with Crippen molar-refractivity contribution in [1.82, 2.24) is 10.6 Å². The minimum atomic E-state index is 0.0366. The minimum absolute atomic E-state index is 0.0366. The number of rotatable bonds is 4. The van der Waals surface area contributed by atoms with Crippen LogP contribution in [0.3, 0.4) is 0 Å². The summed E-state index contributed by atoms with van der Waals surface area (Å²) in [6.45, 7) is 4.76. The Morgan fingerprint density at radius 2 is 2.30 bits per heavy atom. The van der Waals surface area contributed by atoms with Crippen molar-refractivity contribution in [3.63, 3.8) is 0 Å². The van der Waals surface area contributed by atoms with E-state index in [0.717, 1.165) is 45.9 Å². The van der Waals surface area contributed by atoms with Gasteiger partial charge in [-0.15, -0.1) is 11.3 Å². The van der Waals surface area contributed by atoms with Crippen LogP contribution in [0.1, 0.15) is 15.2 Å². The number of fused-ring (bicyclic) bond motifs is 1. The molecule has 0 spiro atoms. The van der Waals surface area contributed by atoms with Crippen molar-refractivity contribution < 1.29 is 9.53 Å². The second-order valence-electron chi connectivity index (χ2n) is 5.15. The molecule has 2 aromatic rings. The lowest BCUT2D eigenvalue weighted by atomic mass is 10.0. The Morgan fingerprint density at radius 3 is 2.95 bits per heavy atom. The van der Waals surface area contributed by atoms with Gasteiger partial charge in [0.1, 0.15) is 5.75 Å². The van der Waals surface area contributed by atoms with Gasteiger partial charge in [-0.1, -0.05) is 0 Å². The predicted molar refractivity (Wildman–Crippen MR) is 81.8 cm³/mol. The number of methoxy groups -OCH3 is 1. The zero-order valence-corrected chi connectivity index (χ0v) is 12.5. The van der Waals surface area contributed by atoms with Gasteiger partial charge in [0.15, 0.2) is 0 Å². The van der Waals surface area contributed by atoms with E-state index in [4.69, 9.17) is 4.74 Å². The third kappa shape index (κ3) is 2.39. The van der Waals surface area contributed by atoms with Gasteiger partial charge in [-0.3, -0.25) is 4.79 Å². The Balaban J connectivity index is 1.83. The van der Waals surface area contributed by atoms with E-state index in [0.29, 0.717) is 5.92 Å². The van der Waals surface area contributed by atoms with Crippen LogP contribution in [-0.2, 0) is 0 Å². The molecule has 1 aromatic heterocycles. The summed E-state index contributed by atoms with van der Waals surface area (Å²) in [6, 6.07) is 5.94. The molecule has 1 amide bonds. The molecule has 0 radical (unpaired) electrons. The molecule has 1 saturated heterocycles. The lowest BCUT2D eigenvalue weighted by Gasteiger charge is -2.26. The number of carbonyl (C=O) groups is 1. The maximum absolute atomic E-state index is 12.3. The Hall–Kier alpha value is -1.59. The molecule has 1 aromatic carbocycles. The van der Waals surface area contributed by atoms with Gasteiger partial charge in [-0.2, -0.15) is 0 Å². The van der Waals surface area contributed by atoms with E-state index in [1.165, 1.54) is 0 Å². The molecule has 0 atom stereocenters. The predicted octanol–water partition coefficient (Wildman–Crippen LogP) is 2.17. The van der Waals surface area contributed by atoms with E-state index in [1.54, 1.807) is 18.4 Å².